The van der Waals surface area contributed by atoms with Gasteiger partial charge in [0.2, 0.25) is 0 Å². The van der Waals surface area contributed by atoms with Gasteiger partial charge in [-0.25, -0.2) is 0 Å². The number of allylic oxidation sites excluding steroid dienone is 6. The van der Waals surface area contributed by atoms with E-state index in [1.807, 2.05) is 12.2 Å². The Morgan fingerprint density at radius 2 is 1.96 bits per heavy atom. The minimum Gasteiger partial charge on any atom is -0.368 e. The van der Waals surface area contributed by atoms with Crippen molar-refractivity contribution < 1.29 is 0 Å². The van der Waals surface area contributed by atoms with E-state index in [1.165, 1.54) is 43.5 Å². The molecule has 0 aromatic rings. The van der Waals surface area contributed by atoms with Crippen molar-refractivity contribution in [3.8, 4) is 0 Å². The van der Waals surface area contributed by atoms with Gasteiger partial charge in [-0.15, -0.1) is 0 Å². The Balaban J connectivity index is 2.05. The van der Waals surface area contributed by atoms with Crippen molar-refractivity contribution in [1.82, 2.24) is 9.80 Å². The minimum absolute atomic E-state index is 0.208. The van der Waals surface area contributed by atoms with E-state index in [0.29, 0.717) is 0 Å². The van der Waals surface area contributed by atoms with Crippen LogP contribution in [-0.4, -0.2) is 28.4 Å². The Labute approximate surface area is 159 Å². The third-order valence-corrected chi connectivity index (χ3v) is 6.40. The van der Waals surface area contributed by atoms with Crippen molar-refractivity contribution in [1.29, 1.82) is 0 Å². The van der Waals surface area contributed by atoms with Gasteiger partial charge in [0.1, 0.15) is 0 Å². The van der Waals surface area contributed by atoms with E-state index < -0.39 is 0 Å². The molecule has 1 saturated carbocycles. The number of unbranched alkanes of at least 4 members (excludes halogenated alkanes) is 1. The third-order valence-electron chi connectivity index (χ3n) is 6.40. The zero-order valence-corrected chi connectivity index (χ0v) is 16.9. The van der Waals surface area contributed by atoms with Gasteiger partial charge in [0.25, 0.3) is 0 Å². The number of hydrogen-bond acceptors (Lipinski definition) is 2. The molecule has 0 aromatic heterocycles. The number of piperazine rings is 1. The first-order valence-corrected chi connectivity index (χ1v) is 10.2. The SMILES string of the molecule is C=CC1=CN2C(=C(C=C)C1=C)/C(=C\C)N(CC)CC21CC(CCCC)C1. The van der Waals surface area contributed by atoms with Gasteiger partial charge in [-0.2, -0.15) is 0 Å². The highest BCUT2D eigenvalue weighted by molar-refractivity contribution is 5.62. The summed E-state index contributed by atoms with van der Waals surface area (Å²) in [4.78, 5) is 5.10. The molecule has 0 amide bonds. The van der Waals surface area contributed by atoms with Crippen LogP contribution in [0.25, 0.3) is 0 Å². The lowest BCUT2D eigenvalue weighted by Gasteiger charge is -2.61. The second-order valence-corrected chi connectivity index (χ2v) is 7.93. The van der Waals surface area contributed by atoms with Crippen LogP contribution in [0.4, 0.5) is 0 Å². The lowest BCUT2D eigenvalue weighted by molar-refractivity contribution is -0.0210. The number of hydrogen-bond donors (Lipinski definition) is 0. The van der Waals surface area contributed by atoms with Gasteiger partial charge in [-0.05, 0) is 43.8 Å². The van der Waals surface area contributed by atoms with Crippen LogP contribution in [0.1, 0.15) is 52.9 Å². The molecule has 2 aliphatic heterocycles. The predicted molar refractivity (Wildman–Crippen MR) is 112 cm³/mol. The van der Waals surface area contributed by atoms with E-state index in [2.05, 4.69) is 62.6 Å². The molecule has 1 saturated heterocycles. The monoisotopic (exact) mass is 350 g/mol. The number of fused-ring (bicyclic) bond motifs is 2. The van der Waals surface area contributed by atoms with Crippen LogP contribution in [0.5, 0.6) is 0 Å². The highest BCUT2D eigenvalue weighted by Gasteiger charge is 2.53. The molecule has 3 aliphatic rings. The van der Waals surface area contributed by atoms with Crippen LogP contribution in [-0.2, 0) is 0 Å². The van der Waals surface area contributed by atoms with Crippen molar-refractivity contribution in [2.24, 2.45) is 5.92 Å². The molecule has 0 N–H and O–H groups in total. The fourth-order valence-corrected chi connectivity index (χ4v) is 5.05. The van der Waals surface area contributed by atoms with E-state index in [0.717, 1.165) is 35.7 Å². The molecule has 2 nitrogen and oxygen atoms in total. The van der Waals surface area contributed by atoms with Gasteiger partial charge in [0, 0.05) is 24.9 Å². The fourth-order valence-electron chi connectivity index (χ4n) is 5.05. The van der Waals surface area contributed by atoms with Crippen LogP contribution in [0.15, 0.2) is 72.3 Å². The molecule has 2 heterocycles. The largest absolute Gasteiger partial charge is 0.368 e. The highest BCUT2D eigenvalue weighted by Crippen LogP contribution is 2.53. The molecule has 2 heteroatoms. The molecule has 0 atom stereocenters. The summed E-state index contributed by atoms with van der Waals surface area (Å²) in [6, 6.07) is 0. The Bertz CT molecular complexity index is 698. The summed E-state index contributed by atoms with van der Waals surface area (Å²) in [7, 11) is 0. The Hall–Kier alpha value is -1.96. The molecule has 26 heavy (non-hydrogen) atoms. The van der Waals surface area contributed by atoms with Gasteiger partial charge in [0.15, 0.2) is 0 Å². The summed E-state index contributed by atoms with van der Waals surface area (Å²) in [5.74, 6) is 0.861. The number of nitrogens with zero attached hydrogens (tertiary/aromatic N) is 2. The van der Waals surface area contributed by atoms with Crippen molar-refractivity contribution >= 4 is 0 Å². The molecule has 140 valence electrons. The Morgan fingerprint density at radius 3 is 2.50 bits per heavy atom. The highest BCUT2D eigenvalue weighted by atomic mass is 15.3. The summed E-state index contributed by atoms with van der Waals surface area (Å²) in [5, 5.41) is 0. The summed E-state index contributed by atoms with van der Waals surface area (Å²) in [6.45, 7) is 21.3. The maximum atomic E-state index is 4.34. The van der Waals surface area contributed by atoms with Gasteiger partial charge < -0.3 is 9.80 Å². The van der Waals surface area contributed by atoms with E-state index in [9.17, 15) is 0 Å². The first-order valence-electron chi connectivity index (χ1n) is 10.2. The summed E-state index contributed by atoms with van der Waals surface area (Å²) < 4.78 is 0. The second-order valence-electron chi connectivity index (χ2n) is 7.93. The van der Waals surface area contributed by atoms with E-state index in [-0.39, 0.29) is 5.54 Å². The first kappa shape index (κ1) is 18.8. The maximum absolute atomic E-state index is 4.34. The summed E-state index contributed by atoms with van der Waals surface area (Å²) >= 11 is 0. The maximum Gasteiger partial charge on any atom is 0.0725 e. The molecule has 0 bridgehead atoms. The predicted octanol–water partition coefficient (Wildman–Crippen LogP) is 5.95. The molecular formula is C24H34N2. The van der Waals surface area contributed by atoms with Crippen LogP contribution in [0.3, 0.4) is 0 Å². The summed E-state index contributed by atoms with van der Waals surface area (Å²) in [5.41, 5.74) is 6.13. The van der Waals surface area contributed by atoms with Crippen molar-refractivity contribution in [3.63, 3.8) is 0 Å². The van der Waals surface area contributed by atoms with Gasteiger partial charge in [-0.1, -0.05) is 64.2 Å². The van der Waals surface area contributed by atoms with Gasteiger partial charge in [0.05, 0.1) is 16.9 Å². The average molecular weight is 351 g/mol. The van der Waals surface area contributed by atoms with Crippen LogP contribution in [0, 0.1) is 5.92 Å². The number of likely N-dealkylation sites (N-methyl/N-ethyl adjacent to an activating group) is 1. The number of rotatable bonds is 6. The normalized spacial score (nSPS) is 29.7. The van der Waals surface area contributed by atoms with Crippen LogP contribution >= 0.6 is 0 Å². The third kappa shape index (κ3) is 2.80. The van der Waals surface area contributed by atoms with Crippen LogP contribution in [0.2, 0.25) is 0 Å². The lowest BCUT2D eigenvalue weighted by atomic mass is 9.63. The molecule has 1 spiro atoms. The molecule has 2 fully saturated rings. The molecule has 0 aromatic carbocycles. The van der Waals surface area contributed by atoms with Crippen molar-refractivity contribution in [2.75, 3.05) is 13.1 Å². The molecular weight excluding hydrogens is 316 g/mol. The molecule has 0 radical (unpaired) electrons. The summed E-state index contributed by atoms with van der Waals surface area (Å²) in [6.07, 6.45) is 15.0. The van der Waals surface area contributed by atoms with E-state index in [4.69, 9.17) is 0 Å². The van der Waals surface area contributed by atoms with Crippen LogP contribution < -0.4 is 0 Å². The zero-order chi connectivity index (χ0) is 18.9. The lowest BCUT2D eigenvalue weighted by Crippen LogP contribution is -2.65. The standard InChI is InChI=1S/C24H34N2/c1-7-12-13-19-14-24(15-19)17-25(11-5)22(10-4)23-21(9-3)18(6)20(8-2)16-26(23)24/h8-10,16,19H,2-3,6-7,11-15,17H2,1,4-5H3/b22-10+. The molecule has 0 unspecified atom stereocenters. The minimum atomic E-state index is 0.208. The van der Waals surface area contributed by atoms with Crippen molar-refractivity contribution in [2.45, 2.75) is 58.4 Å². The quantitative estimate of drug-likeness (QED) is 0.584. The van der Waals surface area contributed by atoms with Crippen molar-refractivity contribution in [3.05, 3.63) is 72.3 Å². The Kier molecular flexibility index (Phi) is 5.32. The average Bonchev–Trinajstić information content (AvgIpc) is 2.63. The van der Waals surface area contributed by atoms with Gasteiger partial charge >= 0.3 is 0 Å². The Morgan fingerprint density at radius 1 is 1.23 bits per heavy atom. The van der Waals surface area contributed by atoms with E-state index in [1.54, 1.807) is 0 Å². The smallest absolute Gasteiger partial charge is 0.0725 e. The fraction of sp³-hybridized carbons (Fsp3) is 0.500. The van der Waals surface area contributed by atoms with E-state index >= 15 is 0 Å². The zero-order valence-electron chi connectivity index (χ0n) is 16.9. The second kappa shape index (κ2) is 7.34. The van der Waals surface area contributed by atoms with Gasteiger partial charge in [-0.3, -0.25) is 0 Å². The molecule has 1 aliphatic carbocycles. The first-order chi connectivity index (χ1) is 12.5. The topological polar surface area (TPSA) is 6.48 Å². The molecule has 3 rings (SSSR count).